The van der Waals surface area contributed by atoms with Gasteiger partial charge in [-0.2, -0.15) is 13.2 Å². The lowest BCUT2D eigenvalue weighted by atomic mass is 10.1. The topological polar surface area (TPSA) is 88.5 Å². The SMILES string of the molecule is CC(C)(NC(=O)c1cccc(OCC(F)(F)F)n1)C(=O)O. The van der Waals surface area contributed by atoms with E-state index in [1.165, 1.54) is 26.0 Å². The zero-order valence-electron chi connectivity index (χ0n) is 11.2. The molecule has 0 aromatic carbocycles. The normalized spacial score (nSPS) is 11.9. The number of aromatic nitrogens is 1. The van der Waals surface area contributed by atoms with Gasteiger partial charge >= 0.3 is 12.1 Å². The highest BCUT2D eigenvalue weighted by atomic mass is 19.4. The number of halogens is 3. The monoisotopic (exact) mass is 306 g/mol. The van der Waals surface area contributed by atoms with Crippen LogP contribution in [0.3, 0.4) is 0 Å². The number of carboxylic acids is 1. The molecule has 1 heterocycles. The van der Waals surface area contributed by atoms with Crippen LogP contribution >= 0.6 is 0 Å². The highest BCUT2D eigenvalue weighted by molar-refractivity contribution is 5.96. The van der Waals surface area contributed by atoms with Crippen LogP contribution < -0.4 is 10.1 Å². The molecule has 0 radical (unpaired) electrons. The van der Waals surface area contributed by atoms with E-state index in [1.807, 2.05) is 0 Å². The Balaban J connectivity index is 2.80. The van der Waals surface area contributed by atoms with Crippen molar-refractivity contribution >= 4 is 11.9 Å². The number of carboxylic acid groups (broad SMARTS) is 1. The summed E-state index contributed by atoms with van der Waals surface area (Å²) in [4.78, 5) is 26.3. The Kier molecular flexibility index (Phi) is 4.77. The predicted molar refractivity (Wildman–Crippen MR) is 65.0 cm³/mol. The van der Waals surface area contributed by atoms with Crippen molar-refractivity contribution < 1.29 is 32.6 Å². The van der Waals surface area contributed by atoms with Crippen LogP contribution in [0.15, 0.2) is 18.2 Å². The van der Waals surface area contributed by atoms with Gasteiger partial charge in [-0.25, -0.2) is 9.78 Å². The van der Waals surface area contributed by atoms with E-state index >= 15 is 0 Å². The van der Waals surface area contributed by atoms with Crippen molar-refractivity contribution in [2.45, 2.75) is 25.6 Å². The van der Waals surface area contributed by atoms with E-state index < -0.39 is 30.2 Å². The van der Waals surface area contributed by atoms with Crippen molar-refractivity contribution in [3.63, 3.8) is 0 Å². The first-order chi connectivity index (χ1) is 9.51. The summed E-state index contributed by atoms with van der Waals surface area (Å²) >= 11 is 0. The molecular formula is C12H13F3N2O4. The van der Waals surface area contributed by atoms with Gasteiger partial charge in [-0.1, -0.05) is 6.07 Å². The maximum Gasteiger partial charge on any atom is 0.422 e. The number of rotatable bonds is 5. The number of carbonyl (C=O) groups excluding carboxylic acids is 1. The largest absolute Gasteiger partial charge is 0.480 e. The number of hydrogen-bond donors (Lipinski definition) is 2. The third kappa shape index (κ3) is 5.28. The fraction of sp³-hybridized carbons (Fsp3) is 0.417. The van der Waals surface area contributed by atoms with Crippen molar-refractivity contribution in [2.24, 2.45) is 0 Å². The Hall–Kier alpha value is -2.32. The molecule has 2 N–H and O–H groups in total. The molecule has 0 saturated carbocycles. The molecular weight excluding hydrogens is 293 g/mol. The molecule has 0 saturated heterocycles. The van der Waals surface area contributed by atoms with Gasteiger partial charge in [0.1, 0.15) is 11.2 Å². The average Bonchev–Trinajstić information content (AvgIpc) is 2.35. The number of pyridine rings is 1. The molecule has 21 heavy (non-hydrogen) atoms. The quantitative estimate of drug-likeness (QED) is 0.863. The molecule has 6 nitrogen and oxygen atoms in total. The van der Waals surface area contributed by atoms with Gasteiger partial charge in [0.2, 0.25) is 5.88 Å². The van der Waals surface area contributed by atoms with Gasteiger partial charge < -0.3 is 15.2 Å². The fourth-order valence-electron chi connectivity index (χ4n) is 1.18. The third-order valence-electron chi connectivity index (χ3n) is 2.30. The summed E-state index contributed by atoms with van der Waals surface area (Å²) in [5.74, 6) is -2.48. The van der Waals surface area contributed by atoms with Crippen molar-refractivity contribution in [1.29, 1.82) is 0 Å². The molecule has 116 valence electrons. The van der Waals surface area contributed by atoms with Crippen molar-refractivity contribution in [3.05, 3.63) is 23.9 Å². The van der Waals surface area contributed by atoms with E-state index in [9.17, 15) is 22.8 Å². The summed E-state index contributed by atoms with van der Waals surface area (Å²) in [6.45, 7) is 0.986. The minimum absolute atomic E-state index is 0.246. The van der Waals surface area contributed by atoms with E-state index in [0.29, 0.717) is 0 Å². The molecule has 0 bridgehead atoms. The minimum Gasteiger partial charge on any atom is -0.480 e. The molecule has 0 fully saturated rings. The van der Waals surface area contributed by atoms with Crippen molar-refractivity contribution in [1.82, 2.24) is 10.3 Å². The number of carbonyl (C=O) groups is 2. The van der Waals surface area contributed by atoms with Crippen LogP contribution in [0.25, 0.3) is 0 Å². The second-order valence-electron chi connectivity index (χ2n) is 4.65. The maximum absolute atomic E-state index is 12.0. The van der Waals surface area contributed by atoms with Crippen molar-refractivity contribution in [3.8, 4) is 5.88 Å². The molecule has 1 aromatic heterocycles. The first kappa shape index (κ1) is 16.7. The standard InChI is InChI=1S/C12H13F3N2O4/c1-11(2,10(19)20)17-9(18)7-4-3-5-8(16-7)21-6-12(13,14)15/h3-5H,6H2,1-2H3,(H,17,18)(H,19,20). The lowest BCUT2D eigenvalue weighted by Gasteiger charge is -2.20. The molecule has 0 spiro atoms. The summed E-state index contributed by atoms with van der Waals surface area (Å²) in [5.41, 5.74) is -1.79. The number of nitrogens with zero attached hydrogens (tertiary/aromatic N) is 1. The van der Waals surface area contributed by atoms with E-state index in [2.05, 4.69) is 15.0 Å². The number of aliphatic carboxylic acids is 1. The van der Waals surface area contributed by atoms with Crippen LogP contribution in [-0.4, -0.2) is 40.3 Å². The Morgan fingerprint density at radius 3 is 2.48 bits per heavy atom. The zero-order chi connectivity index (χ0) is 16.3. The summed E-state index contributed by atoms with van der Waals surface area (Å²) in [5, 5.41) is 11.1. The summed E-state index contributed by atoms with van der Waals surface area (Å²) in [6, 6.07) is 3.67. The third-order valence-corrected chi connectivity index (χ3v) is 2.30. The molecule has 0 unspecified atom stereocenters. The van der Waals surface area contributed by atoms with Crippen LogP contribution in [0.1, 0.15) is 24.3 Å². The molecule has 1 aromatic rings. The Morgan fingerprint density at radius 2 is 1.95 bits per heavy atom. The first-order valence-corrected chi connectivity index (χ1v) is 5.74. The Bertz CT molecular complexity index is 544. The second kappa shape index (κ2) is 5.98. The zero-order valence-corrected chi connectivity index (χ0v) is 11.2. The van der Waals surface area contributed by atoms with Gasteiger partial charge in [-0.3, -0.25) is 4.79 Å². The van der Waals surface area contributed by atoms with E-state index in [0.717, 1.165) is 6.07 Å². The average molecular weight is 306 g/mol. The van der Waals surface area contributed by atoms with Gasteiger partial charge in [0.15, 0.2) is 6.61 Å². The van der Waals surface area contributed by atoms with Gasteiger partial charge in [0, 0.05) is 6.07 Å². The van der Waals surface area contributed by atoms with Gasteiger partial charge in [0.05, 0.1) is 0 Å². The first-order valence-electron chi connectivity index (χ1n) is 5.74. The highest BCUT2D eigenvalue weighted by Crippen LogP contribution is 2.17. The molecule has 1 rings (SSSR count). The van der Waals surface area contributed by atoms with Crippen LogP contribution in [-0.2, 0) is 4.79 Å². The Labute approximate surface area is 117 Å². The van der Waals surface area contributed by atoms with E-state index in [1.54, 1.807) is 0 Å². The number of alkyl halides is 3. The molecule has 0 aliphatic heterocycles. The number of amides is 1. The lowest BCUT2D eigenvalue weighted by Crippen LogP contribution is -2.49. The van der Waals surface area contributed by atoms with Crippen LogP contribution in [0, 0.1) is 0 Å². The van der Waals surface area contributed by atoms with Crippen LogP contribution in [0.4, 0.5) is 13.2 Å². The Morgan fingerprint density at radius 1 is 1.33 bits per heavy atom. The van der Waals surface area contributed by atoms with E-state index in [-0.39, 0.29) is 11.6 Å². The predicted octanol–water partition coefficient (Wildman–Crippen LogP) is 1.62. The van der Waals surface area contributed by atoms with Gasteiger partial charge in [-0.05, 0) is 19.9 Å². The fourth-order valence-corrected chi connectivity index (χ4v) is 1.18. The number of ether oxygens (including phenoxy) is 1. The maximum atomic E-state index is 12.0. The molecule has 1 amide bonds. The lowest BCUT2D eigenvalue weighted by molar-refractivity contribution is -0.154. The number of nitrogens with one attached hydrogen (secondary N) is 1. The van der Waals surface area contributed by atoms with E-state index in [4.69, 9.17) is 5.11 Å². The smallest absolute Gasteiger partial charge is 0.422 e. The second-order valence-corrected chi connectivity index (χ2v) is 4.65. The van der Waals surface area contributed by atoms with Crippen LogP contribution in [0.2, 0.25) is 0 Å². The van der Waals surface area contributed by atoms with Gasteiger partial charge in [0.25, 0.3) is 5.91 Å². The van der Waals surface area contributed by atoms with Crippen molar-refractivity contribution in [2.75, 3.05) is 6.61 Å². The summed E-state index contributed by atoms with van der Waals surface area (Å²) in [6.07, 6.45) is -4.52. The summed E-state index contributed by atoms with van der Waals surface area (Å²) < 4.78 is 40.4. The molecule has 0 aliphatic carbocycles. The number of hydrogen-bond acceptors (Lipinski definition) is 4. The molecule has 0 atom stereocenters. The van der Waals surface area contributed by atoms with Gasteiger partial charge in [-0.15, -0.1) is 0 Å². The summed E-state index contributed by atoms with van der Waals surface area (Å²) in [7, 11) is 0. The highest BCUT2D eigenvalue weighted by Gasteiger charge is 2.30. The molecule has 9 heteroatoms. The minimum atomic E-state index is -4.52. The van der Waals surface area contributed by atoms with Crippen LogP contribution in [0.5, 0.6) is 5.88 Å². The molecule has 0 aliphatic rings.